The highest BCUT2D eigenvalue weighted by Crippen LogP contribution is 2.20. The summed E-state index contributed by atoms with van der Waals surface area (Å²) >= 11 is 0. The van der Waals surface area contributed by atoms with E-state index in [4.69, 9.17) is 4.74 Å². The largest absolute Gasteiger partial charge is 0.374 e. The molecule has 2 rings (SSSR count). The average molecular weight is 331 g/mol. The van der Waals surface area contributed by atoms with E-state index in [0.717, 1.165) is 29.2 Å². The summed E-state index contributed by atoms with van der Waals surface area (Å²) in [6.07, 6.45) is 1.82. The maximum Gasteiger partial charge on any atom is 0.319 e. The van der Waals surface area contributed by atoms with Gasteiger partial charge in [-0.25, -0.2) is 4.79 Å². The first-order valence-electron chi connectivity index (χ1n) is 8.12. The number of hydrogen-bond donors (Lipinski definition) is 2. The number of amides is 2. The summed E-state index contributed by atoms with van der Waals surface area (Å²) < 4.78 is 7.53. The Morgan fingerprint density at radius 2 is 2.17 bits per heavy atom. The number of rotatable bonds is 7. The lowest BCUT2D eigenvalue weighted by Gasteiger charge is -2.14. The quantitative estimate of drug-likeness (QED) is 0.817. The minimum absolute atomic E-state index is 0.167. The number of anilines is 1. The molecule has 7 heteroatoms. The predicted molar refractivity (Wildman–Crippen MR) is 92.7 cm³/mol. The molecule has 0 radical (unpaired) electrons. The molecule has 1 aromatic carbocycles. The van der Waals surface area contributed by atoms with E-state index in [1.807, 2.05) is 50.5 Å². The molecule has 0 bridgehead atoms. The van der Waals surface area contributed by atoms with Gasteiger partial charge in [0, 0.05) is 12.2 Å². The summed E-state index contributed by atoms with van der Waals surface area (Å²) in [6, 6.07) is 5.52. The van der Waals surface area contributed by atoms with Crippen LogP contribution in [-0.4, -0.2) is 26.9 Å². The smallest absolute Gasteiger partial charge is 0.319 e. The lowest BCUT2D eigenvalue weighted by molar-refractivity contribution is 0.0654. The summed E-state index contributed by atoms with van der Waals surface area (Å²) in [5.41, 5.74) is 2.84. The first-order chi connectivity index (χ1) is 11.5. The molecule has 0 atom stereocenters. The van der Waals surface area contributed by atoms with Crippen molar-refractivity contribution in [2.75, 3.05) is 5.32 Å². The number of aryl methyl sites for hydroxylation is 1. The van der Waals surface area contributed by atoms with Gasteiger partial charge in [0.2, 0.25) is 0 Å². The fourth-order valence-electron chi connectivity index (χ4n) is 2.24. The highest BCUT2D eigenvalue weighted by molar-refractivity contribution is 5.90. The van der Waals surface area contributed by atoms with Crippen LogP contribution in [0.15, 0.2) is 24.5 Å². The minimum atomic E-state index is -0.273. The number of nitrogens with one attached hydrogen (secondary N) is 2. The van der Waals surface area contributed by atoms with Gasteiger partial charge in [-0.3, -0.25) is 0 Å². The molecule has 0 aliphatic heterocycles. The van der Waals surface area contributed by atoms with Gasteiger partial charge >= 0.3 is 6.03 Å². The monoisotopic (exact) mass is 331 g/mol. The second kappa shape index (κ2) is 8.44. The van der Waals surface area contributed by atoms with Gasteiger partial charge in [0.05, 0.1) is 19.3 Å². The SMILES string of the molecule is CCn1cnnc1CNC(=O)Nc1cccc(COC(C)C)c1C. The standard InChI is InChI=1S/C17H25N5O2/c1-5-22-11-19-21-16(22)9-18-17(23)20-15-8-6-7-14(13(15)4)10-24-12(2)3/h6-8,11-12H,5,9-10H2,1-4H3,(H2,18,20,23). The Kier molecular flexibility index (Phi) is 6.31. The number of carbonyl (C=O) groups is 1. The summed E-state index contributed by atoms with van der Waals surface area (Å²) in [7, 11) is 0. The predicted octanol–water partition coefficient (Wildman–Crippen LogP) is 2.85. The van der Waals surface area contributed by atoms with Gasteiger partial charge in [0.15, 0.2) is 5.82 Å². The van der Waals surface area contributed by atoms with Crippen LogP contribution in [0, 0.1) is 6.92 Å². The third-order valence-corrected chi connectivity index (χ3v) is 3.71. The molecule has 2 amide bonds. The van der Waals surface area contributed by atoms with E-state index in [9.17, 15) is 4.79 Å². The van der Waals surface area contributed by atoms with Gasteiger partial charge in [0.1, 0.15) is 6.33 Å². The van der Waals surface area contributed by atoms with Crippen molar-refractivity contribution in [2.24, 2.45) is 0 Å². The molecule has 1 aromatic heterocycles. The molecule has 7 nitrogen and oxygen atoms in total. The third kappa shape index (κ3) is 4.79. The van der Waals surface area contributed by atoms with Crippen molar-refractivity contribution in [3.05, 3.63) is 41.5 Å². The number of carbonyl (C=O) groups excluding carboxylic acids is 1. The zero-order chi connectivity index (χ0) is 17.5. The van der Waals surface area contributed by atoms with Crippen molar-refractivity contribution in [1.82, 2.24) is 20.1 Å². The molecular weight excluding hydrogens is 306 g/mol. The minimum Gasteiger partial charge on any atom is -0.374 e. The van der Waals surface area contributed by atoms with E-state index in [2.05, 4.69) is 20.8 Å². The van der Waals surface area contributed by atoms with Crippen LogP contribution in [0.2, 0.25) is 0 Å². The Morgan fingerprint density at radius 3 is 2.88 bits per heavy atom. The topological polar surface area (TPSA) is 81.1 Å². The number of hydrogen-bond acceptors (Lipinski definition) is 4. The van der Waals surface area contributed by atoms with Crippen LogP contribution < -0.4 is 10.6 Å². The zero-order valence-electron chi connectivity index (χ0n) is 14.7. The second-order valence-electron chi connectivity index (χ2n) is 5.79. The highest BCUT2D eigenvalue weighted by Gasteiger charge is 2.09. The van der Waals surface area contributed by atoms with Crippen LogP contribution in [-0.2, 0) is 24.4 Å². The number of benzene rings is 1. The molecule has 1 heterocycles. The molecular formula is C17H25N5O2. The van der Waals surface area contributed by atoms with Crippen LogP contribution in [0.4, 0.5) is 10.5 Å². The Labute approximate surface area is 142 Å². The summed E-state index contributed by atoms with van der Waals surface area (Å²) in [6.45, 7) is 9.60. The Hall–Kier alpha value is -2.41. The molecule has 0 aliphatic carbocycles. The van der Waals surface area contributed by atoms with Crippen LogP contribution in [0.25, 0.3) is 0 Å². The second-order valence-corrected chi connectivity index (χ2v) is 5.79. The van der Waals surface area contributed by atoms with Crippen LogP contribution in [0.1, 0.15) is 37.7 Å². The lowest BCUT2D eigenvalue weighted by Crippen LogP contribution is -2.29. The van der Waals surface area contributed by atoms with Gasteiger partial charge in [-0.1, -0.05) is 12.1 Å². The van der Waals surface area contributed by atoms with Crippen molar-refractivity contribution < 1.29 is 9.53 Å². The van der Waals surface area contributed by atoms with Gasteiger partial charge < -0.3 is 19.9 Å². The molecule has 0 unspecified atom stereocenters. The first-order valence-corrected chi connectivity index (χ1v) is 8.12. The maximum atomic E-state index is 12.1. The van der Waals surface area contributed by atoms with Crippen LogP contribution in [0.3, 0.4) is 0 Å². The summed E-state index contributed by atoms with van der Waals surface area (Å²) in [5, 5.41) is 13.5. The molecule has 0 saturated heterocycles. The van der Waals surface area contributed by atoms with Gasteiger partial charge in [-0.2, -0.15) is 0 Å². The third-order valence-electron chi connectivity index (χ3n) is 3.71. The number of ether oxygens (including phenoxy) is 1. The molecule has 0 aliphatic rings. The van der Waals surface area contributed by atoms with E-state index in [1.54, 1.807) is 6.33 Å². The number of aromatic nitrogens is 3. The van der Waals surface area contributed by atoms with Gasteiger partial charge in [-0.05, 0) is 44.9 Å². The molecule has 2 N–H and O–H groups in total. The molecule has 130 valence electrons. The van der Waals surface area contributed by atoms with Crippen molar-refractivity contribution in [2.45, 2.75) is 53.5 Å². The van der Waals surface area contributed by atoms with Crippen molar-refractivity contribution in [3.8, 4) is 0 Å². The van der Waals surface area contributed by atoms with E-state index >= 15 is 0 Å². The number of urea groups is 1. The average Bonchev–Trinajstić information content (AvgIpc) is 3.01. The van der Waals surface area contributed by atoms with E-state index < -0.39 is 0 Å². The van der Waals surface area contributed by atoms with Crippen molar-refractivity contribution in [1.29, 1.82) is 0 Å². The van der Waals surface area contributed by atoms with Crippen LogP contribution in [0.5, 0.6) is 0 Å². The van der Waals surface area contributed by atoms with E-state index in [1.165, 1.54) is 0 Å². The molecule has 24 heavy (non-hydrogen) atoms. The van der Waals surface area contributed by atoms with Gasteiger partial charge in [-0.15, -0.1) is 10.2 Å². The fraction of sp³-hybridized carbons (Fsp3) is 0.471. The zero-order valence-corrected chi connectivity index (χ0v) is 14.7. The van der Waals surface area contributed by atoms with E-state index in [0.29, 0.717) is 13.2 Å². The highest BCUT2D eigenvalue weighted by atomic mass is 16.5. The van der Waals surface area contributed by atoms with Crippen LogP contribution >= 0.6 is 0 Å². The fourth-order valence-corrected chi connectivity index (χ4v) is 2.24. The normalized spacial score (nSPS) is 10.9. The van der Waals surface area contributed by atoms with Crippen molar-refractivity contribution >= 4 is 11.7 Å². The number of nitrogens with zero attached hydrogens (tertiary/aromatic N) is 3. The molecule has 0 saturated carbocycles. The molecule has 0 spiro atoms. The Bertz CT molecular complexity index is 681. The Morgan fingerprint density at radius 1 is 1.38 bits per heavy atom. The summed E-state index contributed by atoms with van der Waals surface area (Å²) in [4.78, 5) is 12.1. The lowest BCUT2D eigenvalue weighted by atomic mass is 10.1. The maximum absolute atomic E-state index is 12.1. The van der Waals surface area contributed by atoms with E-state index in [-0.39, 0.29) is 12.1 Å². The van der Waals surface area contributed by atoms with Gasteiger partial charge in [0.25, 0.3) is 0 Å². The first kappa shape index (κ1) is 17.9. The molecule has 0 fully saturated rings. The molecule has 2 aromatic rings. The summed E-state index contributed by atoms with van der Waals surface area (Å²) in [5.74, 6) is 0.725. The van der Waals surface area contributed by atoms with Crippen molar-refractivity contribution in [3.63, 3.8) is 0 Å². The Balaban J connectivity index is 1.95.